The molecule has 0 aromatic carbocycles. The molecule has 2 aliphatic carbocycles. The first kappa shape index (κ1) is 11.7. The second-order valence-electron chi connectivity index (χ2n) is 5.58. The summed E-state index contributed by atoms with van der Waals surface area (Å²) < 4.78 is 0. The zero-order valence-electron chi connectivity index (χ0n) is 9.97. The van der Waals surface area contributed by atoms with Gasteiger partial charge in [-0.2, -0.15) is 0 Å². The van der Waals surface area contributed by atoms with E-state index < -0.39 is 0 Å². The van der Waals surface area contributed by atoms with E-state index in [0.29, 0.717) is 16.2 Å². The van der Waals surface area contributed by atoms with Gasteiger partial charge in [0.25, 0.3) is 0 Å². The Kier molecular flexibility index (Phi) is 2.83. The van der Waals surface area contributed by atoms with Crippen molar-refractivity contribution in [1.29, 1.82) is 0 Å². The van der Waals surface area contributed by atoms with Crippen LogP contribution in [0, 0.1) is 0 Å². The fraction of sp³-hybridized carbons (Fsp3) is 0.692. The normalized spacial score (nSPS) is 23.0. The first-order valence-electron chi connectivity index (χ1n) is 6.33. The molecule has 0 bridgehead atoms. The van der Waals surface area contributed by atoms with E-state index in [2.05, 4.69) is 16.9 Å². The Balaban J connectivity index is 1.99. The van der Waals surface area contributed by atoms with Gasteiger partial charge < -0.3 is 0 Å². The Bertz CT molecular complexity index is 426. The van der Waals surface area contributed by atoms with Gasteiger partial charge in [0.15, 0.2) is 0 Å². The lowest BCUT2D eigenvalue weighted by molar-refractivity contribution is 0.677. The molecule has 17 heavy (non-hydrogen) atoms. The van der Waals surface area contributed by atoms with Gasteiger partial charge in [0, 0.05) is 11.0 Å². The first-order valence-corrected chi connectivity index (χ1v) is 7.09. The number of nitrogens with zero attached hydrogens (tertiary/aromatic N) is 2. The molecule has 0 aliphatic heterocycles. The Morgan fingerprint density at radius 3 is 2.06 bits per heavy atom. The van der Waals surface area contributed by atoms with Crippen molar-refractivity contribution in [2.24, 2.45) is 0 Å². The van der Waals surface area contributed by atoms with Crippen molar-refractivity contribution >= 4 is 23.2 Å². The summed E-state index contributed by atoms with van der Waals surface area (Å²) in [5.41, 5.74) is 1.11. The summed E-state index contributed by atoms with van der Waals surface area (Å²) in [6.07, 6.45) is 7.14. The highest BCUT2D eigenvalue weighted by atomic mass is 35.5. The van der Waals surface area contributed by atoms with Crippen LogP contribution in [-0.4, -0.2) is 9.97 Å². The Morgan fingerprint density at radius 2 is 1.59 bits per heavy atom. The molecular formula is C13H16Cl2N2. The Hall–Kier alpha value is -0.340. The lowest BCUT2D eigenvalue weighted by atomic mass is 10.0. The Morgan fingerprint density at radius 1 is 1.06 bits per heavy atom. The molecule has 0 radical (unpaired) electrons. The van der Waals surface area contributed by atoms with E-state index in [1.54, 1.807) is 0 Å². The summed E-state index contributed by atoms with van der Waals surface area (Å²) in [6.45, 7) is 2.17. The third kappa shape index (κ3) is 2.06. The molecule has 92 valence electrons. The van der Waals surface area contributed by atoms with Gasteiger partial charge in [-0.1, -0.05) is 43.0 Å². The van der Waals surface area contributed by atoms with Crippen LogP contribution in [0.3, 0.4) is 0 Å². The highest BCUT2D eigenvalue weighted by Crippen LogP contribution is 2.48. The maximum absolute atomic E-state index is 6.31. The van der Waals surface area contributed by atoms with Crippen molar-refractivity contribution in [3.05, 3.63) is 21.7 Å². The van der Waals surface area contributed by atoms with E-state index in [-0.39, 0.29) is 5.41 Å². The fourth-order valence-electron chi connectivity index (χ4n) is 2.65. The summed E-state index contributed by atoms with van der Waals surface area (Å²) in [6, 6.07) is 0. The van der Waals surface area contributed by atoms with Crippen LogP contribution in [0.2, 0.25) is 10.3 Å². The van der Waals surface area contributed by atoms with Gasteiger partial charge in [-0.15, -0.1) is 0 Å². The summed E-state index contributed by atoms with van der Waals surface area (Å²) in [5, 5.41) is 1.17. The molecule has 3 rings (SSSR count). The second kappa shape index (κ2) is 4.10. The minimum absolute atomic E-state index is 0.126. The fourth-order valence-corrected chi connectivity index (χ4v) is 3.34. The molecule has 4 heteroatoms. The van der Waals surface area contributed by atoms with Crippen LogP contribution in [0.5, 0.6) is 0 Å². The van der Waals surface area contributed by atoms with Gasteiger partial charge in [-0.3, -0.25) is 0 Å². The smallest absolute Gasteiger partial charge is 0.137 e. The van der Waals surface area contributed by atoms with Crippen molar-refractivity contribution in [3.8, 4) is 0 Å². The summed E-state index contributed by atoms with van der Waals surface area (Å²) in [5.74, 6) is 1.30. The zero-order valence-corrected chi connectivity index (χ0v) is 11.5. The predicted octanol–water partition coefficient (Wildman–Crippen LogP) is 4.49. The highest BCUT2D eigenvalue weighted by Gasteiger charge is 2.43. The van der Waals surface area contributed by atoms with Crippen LogP contribution in [0.15, 0.2) is 0 Å². The van der Waals surface area contributed by atoms with Gasteiger partial charge in [0.1, 0.15) is 16.1 Å². The Labute approximate surface area is 112 Å². The van der Waals surface area contributed by atoms with Crippen LogP contribution in [0.1, 0.15) is 62.8 Å². The minimum atomic E-state index is 0.126. The lowest BCUT2D eigenvalue weighted by Crippen LogP contribution is -2.10. The predicted molar refractivity (Wildman–Crippen MR) is 69.8 cm³/mol. The van der Waals surface area contributed by atoms with E-state index >= 15 is 0 Å². The third-order valence-electron chi connectivity index (χ3n) is 4.16. The average molecular weight is 271 g/mol. The van der Waals surface area contributed by atoms with Crippen molar-refractivity contribution < 1.29 is 0 Å². The largest absolute Gasteiger partial charge is 0.220 e. The van der Waals surface area contributed by atoms with E-state index in [0.717, 1.165) is 24.2 Å². The number of rotatable bonds is 2. The second-order valence-corrected chi connectivity index (χ2v) is 6.30. The lowest BCUT2D eigenvalue weighted by Gasteiger charge is -2.15. The number of hydrogen-bond acceptors (Lipinski definition) is 2. The molecule has 1 aromatic rings. The van der Waals surface area contributed by atoms with Crippen molar-refractivity contribution in [3.63, 3.8) is 0 Å². The van der Waals surface area contributed by atoms with E-state index in [1.165, 1.54) is 25.7 Å². The van der Waals surface area contributed by atoms with Crippen LogP contribution < -0.4 is 0 Å². The maximum Gasteiger partial charge on any atom is 0.137 e. The van der Waals surface area contributed by atoms with Gasteiger partial charge in [-0.05, 0) is 31.6 Å². The molecule has 0 amide bonds. The highest BCUT2D eigenvalue weighted by molar-refractivity contribution is 6.34. The monoisotopic (exact) mass is 270 g/mol. The molecule has 0 spiro atoms. The standard InChI is InChI=1S/C13H16Cl2N2/c1-13(6-7-13)12-16-10(14)9(11(15)17-12)8-4-2-3-5-8/h8H,2-7H2,1H3. The SMILES string of the molecule is CC1(c2nc(Cl)c(C3CCCC3)c(Cl)n2)CC1. The zero-order chi connectivity index (χ0) is 12.0. The van der Waals surface area contributed by atoms with Crippen LogP contribution >= 0.6 is 23.2 Å². The minimum Gasteiger partial charge on any atom is -0.220 e. The molecule has 1 heterocycles. The topological polar surface area (TPSA) is 25.8 Å². The van der Waals surface area contributed by atoms with Crippen LogP contribution in [-0.2, 0) is 5.41 Å². The van der Waals surface area contributed by atoms with Gasteiger partial charge in [0.2, 0.25) is 0 Å². The molecule has 2 saturated carbocycles. The number of hydrogen-bond donors (Lipinski definition) is 0. The van der Waals surface area contributed by atoms with Crippen molar-refractivity contribution in [2.45, 2.75) is 56.8 Å². The molecule has 2 aliphatic rings. The van der Waals surface area contributed by atoms with Crippen LogP contribution in [0.25, 0.3) is 0 Å². The average Bonchev–Trinajstić information content (AvgIpc) is 2.82. The maximum atomic E-state index is 6.31. The number of halogens is 2. The van der Waals surface area contributed by atoms with E-state index in [1.807, 2.05) is 0 Å². The van der Waals surface area contributed by atoms with Gasteiger partial charge >= 0.3 is 0 Å². The van der Waals surface area contributed by atoms with Crippen molar-refractivity contribution in [1.82, 2.24) is 9.97 Å². The summed E-state index contributed by atoms with van der Waals surface area (Å²) in [4.78, 5) is 8.96. The summed E-state index contributed by atoms with van der Waals surface area (Å²) in [7, 11) is 0. The van der Waals surface area contributed by atoms with Crippen molar-refractivity contribution in [2.75, 3.05) is 0 Å². The number of aromatic nitrogens is 2. The first-order chi connectivity index (χ1) is 8.10. The van der Waals surface area contributed by atoms with Gasteiger partial charge in [0.05, 0.1) is 0 Å². The van der Waals surface area contributed by atoms with Crippen LogP contribution in [0.4, 0.5) is 0 Å². The molecule has 0 unspecified atom stereocenters. The van der Waals surface area contributed by atoms with E-state index in [9.17, 15) is 0 Å². The third-order valence-corrected chi connectivity index (χ3v) is 4.73. The molecule has 0 atom stereocenters. The quantitative estimate of drug-likeness (QED) is 0.740. The van der Waals surface area contributed by atoms with Gasteiger partial charge in [-0.25, -0.2) is 9.97 Å². The molecule has 1 aromatic heterocycles. The molecule has 2 nitrogen and oxygen atoms in total. The molecular weight excluding hydrogens is 255 g/mol. The van der Waals surface area contributed by atoms with E-state index in [4.69, 9.17) is 23.2 Å². The summed E-state index contributed by atoms with van der Waals surface area (Å²) >= 11 is 12.6. The molecule has 2 fully saturated rings. The molecule has 0 N–H and O–H groups in total. The molecule has 0 saturated heterocycles.